The van der Waals surface area contributed by atoms with Gasteiger partial charge in [-0.3, -0.25) is 4.79 Å². The monoisotopic (exact) mass is 300 g/mol. The first-order chi connectivity index (χ1) is 10.8. The van der Waals surface area contributed by atoms with Gasteiger partial charge in [0, 0.05) is 38.3 Å². The Kier molecular flexibility index (Phi) is 4.66. The zero-order chi connectivity index (χ0) is 15.4. The Labute approximate surface area is 132 Å². The minimum Gasteiger partial charge on any atom is -0.497 e. The molecular weight excluding hydrogens is 276 g/mol. The largest absolute Gasteiger partial charge is 0.497 e. The summed E-state index contributed by atoms with van der Waals surface area (Å²) in [5, 5.41) is 0. The van der Waals surface area contributed by atoms with E-state index in [4.69, 9.17) is 4.74 Å². The molecule has 1 unspecified atom stereocenters. The van der Waals surface area contributed by atoms with Gasteiger partial charge in [-0.25, -0.2) is 0 Å². The number of carbonyl (C=O) groups excluding carboxylic acids is 1. The predicted octanol–water partition coefficient (Wildman–Crippen LogP) is 2.70. The highest BCUT2D eigenvalue weighted by Crippen LogP contribution is 2.23. The molecule has 1 fully saturated rings. The molecule has 0 radical (unpaired) electrons. The summed E-state index contributed by atoms with van der Waals surface area (Å²) in [6.45, 7) is 3.44. The van der Waals surface area contributed by atoms with Crippen LogP contribution in [0.1, 0.15) is 19.3 Å². The van der Waals surface area contributed by atoms with Crippen LogP contribution >= 0.6 is 0 Å². The predicted molar refractivity (Wildman–Crippen MR) is 88.3 cm³/mol. The molecule has 1 saturated heterocycles. The fraction of sp³-hybridized carbons (Fsp3) is 0.500. The van der Waals surface area contributed by atoms with Gasteiger partial charge in [0.1, 0.15) is 5.75 Å². The molecule has 0 aromatic heterocycles. The van der Waals surface area contributed by atoms with Gasteiger partial charge in [0.2, 0.25) is 5.91 Å². The van der Waals surface area contributed by atoms with Crippen molar-refractivity contribution < 1.29 is 9.53 Å². The third-order valence-corrected chi connectivity index (χ3v) is 4.62. The molecule has 0 N–H and O–H groups in total. The van der Waals surface area contributed by atoms with Crippen LogP contribution in [0, 0.1) is 5.92 Å². The fourth-order valence-corrected chi connectivity index (χ4v) is 3.23. The lowest BCUT2D eigenvalue weighted by Crippen LogP contribution is -2.49. The fourth-order valence-electron chi connectivity index (χ4n) is 3.23. The number of benzene rings is 1. The van der Waals surface area contributed by atoms with Crippen LogP contribution in [0.15, 0.2) is 36.4 Å². The molecule has 0 saturated carbocycles. The molecule has 1 heterocycles. The van der Waals surface area contributed by atoms with Crippen LogP contribution in [0.2, 0.25) is 0 Å². The van der Waals surface area contributed by atoms with Crippen LogP contribution in [-0.2, 0) is 4.79 Å². The van der Waals surface area contributed by atoms with Gasteiger partial charge in [-0.1, -0.05) is 12.2 Å². The maximum Gasteiger partial charge on any atom is 0.223 e. The number of hydrogen-bond acceptors (Lipinski definition) is 3. The van der Waals surface area contributed by atoms with E-state index in [-0.39, 0.29) is 0 Å². The van der Waals surface area contributed by atoms with Crippen molar-refractivity contribution in [3.63, 3.8) is 0 Å². The second kappa shape index (κ2) is 6.86. The van der Waals surface area contributed by atoms with E-state index < -0.39 is 0 Å². The Morgan fingerprint density at radius 1 is 1.18 bits per heavy atom. The van der Waals surface area contributed by atoms with Crippen LogP contribution < -0.4 is 9.64 Å². The van der Waals surface area contributed by atoms with Gasteiger partial charge < -0.3 is 14.5 Å². The molecule has 1 aromatic rings. The highest BCUT2D eigenvalue weighted by molar-refractivity contribution is 5.77. The van der Waals surface area contributed by atoms with Gasteiger partial charge in [0.25, 0.3) is 0 Å². The van der Waals surface area contributed by atoms with E-state index in [1.165, 1.54) is 5.69 Å². The number of anilines is 1. The summed E-state index contributed by atoms with van der Waals surface area (Å²) in [4.78, 5) is 16.7. The molecule has 0 bridgehead atoms. The maximum atomic E-state index is 12.3. The van der Waals surface area contributed by atoms with E-state index in [0.29, 0.717) is 18.2 Å². The van der Waals surface area contributed by atoms with Crippen molar-refractivity contribution in [1.82, 2.24) is 4.90 Å². The molecule has 118 valence electrons. The van der Waals surface area contributed by atoms with Gasteiger partial charge in [-0.15, -0.1) is 0 Å². The van der Waals surface area contributed by atoms with Gasteiger partial charge in [-0.2, -0.15) is 0 Å². The van der Waals surface area contributed by atoms with Crippen LogP contribution in [0.3, 0.4) is 0 Å². The number of methoxy groups -OCH3 is 1. The summed E-state index contributed by atoms with van der Waals surface area (Å²) in [5.41, 5.74) is 1.20. The minimum atomic E-state index is 0.311. The summed E-state index contributed by atoms with van der Waals surface area (Å²) in [6.07, 6.45) is 7.34. The molecule has 1 aliphatic carbocycles. The molecule has 22 heavy (non-hydrogen) atoms. The van der Waals surface area contributed by atoms with Crippen molar-refractivity contribution in [1.29, 1.82) is 0 Å². The summed E-state index contributed by atoms with van der Waals surface area (Å²) in [5.74, 6) is 1.65. The highest BCUT2D eigenvalue weighted by Gasteiger charge is 2.23. The third-order valence-electron chi connectivity index (χ3n) is 4.62. The third kappa shape index (κ3) is 3.43. The molecule has 2 aliphatic rings. The topological polar surface area (TPSA) is 32.8 Å². The van der Waals surface area contributed by atoms with Gasteiger partial charge in [0.05, 0.1) is 7.11 Å². The number of rotatable bonds is 4. The van der Waals surface area contributed by atoms with Crippen molar-refractivity contribution >= 4 is 11.6 Å². The minimum absolute atomic E-state index is 0.311. The smallest absolute Gasteiger partial charge is 0.223 e. The number of ether oxygens (including phenoxy) is 1. The molecule has 4 nitrogen and oxygen atoms in total. The van der Waals surface area contributed by atoms with Gasteiger partial charge in [0.15, 0.2) is 0 Å². The molecule has 0 spiro atoms. The summed E-state index contributed by atoms with van der Waals surface area (Å²) in [6, 6.07) is 8.14. The van der Waals surface area contributed by atoms with Crippen LogP contribution in [0.4, 0.5) is 5.69 Å². The number of amides is 1. The molecular formula is C18H24N2O2. The lowest BCUT2D eigenvalue weighted by Gasteiger charge is -2.36. The van der Waals surface area contributed by atoms with Crippen molar-refractivity contribution in [2.45, 2.75) is 19.3 Å². The first-order valence-electron chi connectivity index (χ1n) is 8.09. The van der Waals surface area contributed by atoms with E-state index in [2.05, 4.69) is 29.2 Å². The Hall–Kier alpha value is -1.97. The van der Waals surface area contributed by atoms with Gasteiger partial charge in [-0.05, 0) is 43.0 Å². The first kappa shape index (κ1) is 14.9. The van der Waals surface area contributed by atoms with Crippen LogP contribution in [0.5, 0.6) is 5.75 Å². The highest BCUT2D eigenvalue weighted by atomic mass is 16.5. The first-order valence-corrected chi connectivity index (χ1v) is 8.09. The Bertz CT molecular complexity index is 531. The second-order valence-corrected chi connectivity index (χ2v) is 6.04. The number of allylic oxidation sites excluding steroid dienone is 2. The van der Waals surface area contributed by atoms with Crippen molar-refractivity contribution in [3.05, 3.63) is 36.4 Å². The quantitative estimate of drug-likeness (QED) is 0.802. The Morgan fingerprint density at radius 3 is 2.50 bits per heavy atom. The van der Waals surface area contributed by atoms with E-state index >= 15 is 0 Å². The van der Waals surface area contributed by atoms with Crippen molar-refractivity contribution in [2.24, 2.45) is 5.92 Å². The molecule has 3 rings (SSSR count). The maximum absolute atomic E-state index is 12.3. The molecule has 1 aliphatic heterocycles. The summed E-state index contributed by atoms with van der Waals surface area (Å²) >= 11 is 0. The van der Waals surface area contributed by atoms with Gasteiger partial charge >= 0.3 is 0 Å². The van der Waals surface area contributed by atoms with Crippen LogP contribution in [0.25, 0.3) is 0 Å². The number of nitrogens with zero attached hydrogens (tertiary/aromatic N) is 2. The van der Waals surface area contributed by atoms with Crippen LogP contribution in [-0.4, -0.2) is 44.1 Å². The van der Waals surface area contributed by atoms with Crippen molar-refractivity contribution in [3.8, 4) is 5.75 Å². The number of hydrogen-bond donors (Lipinski definition) is 0. The Balaban J connectivity index is 1.50. The zero-order valence-corrected chi connectivity index (χ0v) is 13.2. The number of carbonyl (C=O) groups is 1. The SMILES string of the molecule is COc1ccc(N2CCN(C(=O)CC3C=CCC3)CC2)cc1. The van der Waals surface area contributed by atoms with Crippen molar-refractivity contribution in [2.75, 3.05) is 38.2 Å². The standard InChI is InChI=1S/C18H24N2O2/c1-22-17-8-6-16(7-9-17)19-10-12-20(13-11-19)18(21)14-15-4-2-3-5-15/h2,4,6-9,15H,3,5,10-14H2,1H3. The summed E-state index contributed by atoms with van der Waals surface area (Å²) in [7, 11) is 1.68. The molecule has 1 amide bonds. The van der Waals surface area contributed by atoms with E-state index in [9.17, 15) is 4.79 Å². The lowest BCUT2D eigenvalue weighted by molar-refractivity contribution is -0.132. The zero-order valence-electron chi connectivity index (χ0n) is 13.2. The van der Waals surface area contributed by atoms with E-state index in [1.54, 1.807) is 7.11 Å². The average Bonchev–Trinajstić information content (AvgIpc) is 3.08. The molecule has 1 atom stereocenters. The lowest BCUT2D eigenvalue weighted by atomic mass is 10.0. The summed E-state index contributed by atoms with van der Waals surface area (Å²) < 4.78 is 5.19. The number of piperazine rings is 1. The normalized spacial score (nSPS) is 21.2. The van der Waals surface area contributed by atoms with E-state index in [0.717, 1.165) is 44.8 Å². The average molecular weight is 300 g/mol. The molecule has 1 aromatic carbocycles. The second-order valence-electron chi connectivity index (χ2n) is 6.04. The Morgan fingerprint density at radius 2 is 1.91 bits per heavy atom. The van der Waals surface area contributed by atoms with E-state index in [1.807, 2.05) is 17.0 Å². The molecule has 4 heteroatoms.